The van der Waals surface area contributed by atoms with Crippen LogP contribution in [0.15, 0.2) is 28.7 Å². The maximum Gasteiger partial charge on any atom is 0.342 e. The highest BCUT2D eigenvalue weighted by Gasteiger charge is 2.29. The summed E-state index contributed by atoms with van der Waals surface area (Å²) in [5.41, 5.74) is 4.98. The van der Waals surface area contributed by atoms with E-state index in [1.807, 2.05) is 6.92 Å². The molecule has 0 saturated carbocycles. The third kappa shape index (κ3) is 4.81. The van der Waals surface area contributed by atoms with Crippen LogP contribution >= 0.6 is 0 Å². The molecule has 9 heteroatoms. The first kappa shape index (κ1) is 20.8. The number of primary amides is 1. The molecule has 0 spiro atoms. The van der Waals surface area contributed by atoms with Crippen molar-refractivity contribution in [1.29, 1.82) is 0 Å². The van der Waals surface area contributed by atoms with Gasteiger partial charge in [-0.25, -0.2) is 4.79 Å². The highest BCUT2D eigenvalue weighted by Crippen LogP contribution is 2.28. The molecule has 2 aromatic rings. The van der Waals surface area contributed by atoms with Crippen LogP contribution in [0, 0.1) is 6.92 Å². The zero-order chi connectivity index (χ0) is 20.7. The number of carbonyl (C=O) groups is 3. The minimum atomic E-state index is -0.933. The van der Waals surface area contributed by atoms with Crippen molar-refractivity contribution in [2.45, 2.75) is 20.8 Å². The molecule has 2 rings (SSSR count). The third-order valence-electron chi connectivity index (χ3n) is 3.57. The zero-order valence-electron chi connectivity index (χ0n) is 15.9. The monoisotopic (exact) mass is 390 g/mol. The Labute approximate surface area is 161 Å². The number of ether oxygens (including phenoxy) is 3. The highest BCUT2D eigenvalue weighted by atomic mass is 16.5. The Hall–Kier alpha value is -3.49. The summed E-state index contributed by atoms with van der Waals surface area (Å²) in [5.74, 6) is -1.56. The molecule has 9 nitrogen and oxygen atoms in total. The van der Waals surface area contributed by atoms with Gasteiger partial charge in [-0.3, -0.25) is 14.9 Å². The largest absolute Gasteiger partial charge is 0.490 e. The van der Waals surface area contributed by atoms with Crippen molar-refractivity contribution in [2.24, 2.45) is 5.73 Å². The van der Waals surface area contributed by atoms with Crippen LogP contribution in [0.5, 0.6) is 11.5 Å². The third-order valence-corrected chi connectivity index (χ3v) is 3.57. The minimum absolute atomic E-state index is 0.102. The van der Waals surface area contributed by atoms with E-state index in [-0.39, 0.29) is 36.0 Å². The Bertz CT molecular complexity index is 873. The second kappa shape index (κ2) is 9.45. The summed E-state index contributed by atoms with van der Waals surface area (Å²) in [6, 6.07) is 6.88. The smallest absolute Gasteiger partial charge is 0.342 e. The summed E-state index contributed by atoms with van der Waals surface area (Å²) < 4.78 is 21.1. The number of benzene rings is 1. The van der Waals surface area contributed by atoms with Crippen molar-refractivity contribution < 1.29 is 33.0 Å². The zero-order valence-corrected chi connectivity index (χ0v) is 15.9. The Morgan fingerprint density at radius 1 is 1.04 bits per heavy atom. The topological polar surface area (TPSA) is 130 Å². The van der Waals surface area contributed by atoms with E-state index in [1.54, 1.807) is 31.2 Å². The van der Waals surface area contributed by atoms with E-state index in [0.717, 1.165) is 0 Å². The molecule has 3 N–H and O–H groups in total. The molecule has 0 aliphatic carbocycles. The Kier molecular flexibility index (Phi) is 7.02. The van der Waals surface area contributed by atoms with E-state index in [9.17, 15) is 14.4 Å². The number of hydrogen-bond acceptors (Lipinski definition) is 7. The van der Waals surface area contributed by atoms with Gasteiger partial charge in [0.25, 0.3) is 11.8 Å². The first-order chi connectivity index (χ1) is 13.4. The fourth-order valence-electron chi connectivity index (χ4n) is 2.47. The van der Waals surface area contributed by atoms with E-state index in [2.05, 4.69) is 5.32 Å². The fourth-order valence-corrected chi connectivity index (χ4v) is 2.47. The van der Waals surface area contributed by atoms with Crippen LogP contribution in [-0.4, -0.2) is 37.6 Å². The number of carbonyl (C=O) groups excluding carboxylic acids is 3. The molecular weight excluding hydrogens is 368 g/mol. The summed E-state index contributed by atoms with van der Waals surface area (Å²) in [6.07, 6.45) is 0. The lowest BCUT2D eigenvalue weighted by Gasteiger charge is -2.11. The molecule has 0 saturated heterocycles. The van der Waals surface area contributed by atoms with Crippen molar-refractivity contribution in [2.75, 3.05) is 25.1 Å². The summed E-state index contributed by atoms with van der Waals surface area (Å²) in [4.78, 5) is 36.1. The van der Waals surface area contributed by atoms with Gasteiger partial charge in [0.15, 0.2) is 18.1 Å². The Morgan fingerprint density at radius 3 is 2.25 bits per heavy atom. The number of nitrogens with one attached hydrogen (secondary N) is 1. The number of hydrogen-bond donors (Lipinski definition) is 2. The number of anilines is 1. The molecule has 1 aromatic heterocycles. The number of esters is 1. The number of amides is 2. The van der Waals surface area contributed by atoms with Crippen LogP contribution in [-0.2, 0) is 9.53 Å². The van der Waals surface area contributed by atoms with Gasteiger partial charge in [-0.05, 0) is 32.9 Å². The summed E-state index contributed by atoms with van der Waals surface area (Å²) in [7, 11) is 0. The molecule has 0 fully saturated rings. The molecule has 0 aliphatic rings. The van der Waals surface area contributed by atoms with Crippen LogP contribution in [0.3, 0.4) is 0 Å². The van der Waals surface area contributed by atoms with E-state index < -0.39 is 17.8 Å². The van der Waals surface area contributed by atoms with Crippen LogP contribution in [0.2, 0.25) is 0 Å². The quantitative estimate of drug-likeness (QED) is 0.628. The van der Waals surface area contributed by atoms with Gasteiger partial charge in [0.2, 0.25) is 5.88 Å². The Morgan fingerprint density at radius 2 is 1.68 bits per heavy atom. The maximum absolute atomic E-state index is 12.2. The van der Waals surface area contributed by atoms with E-state index in [0.29, 0.717) is 18.1 Å². The molecule has 28 heavy (non-hydrogen) atoms. The predicted molar refractivity (Wildman–Crippen MR) is 99.7 cm³/mol. The van der Waals surface area contributed by atoms with Gasteiger partial charge < -0.3 is 24.4 Å². The van der Waals surface area contributed by atoms with Crippen molar-refractivity contribution in [3.05, 3.63) is 41.2 Å². The van der Waals surface area contributed by atoms with Gasteiger partial charge in [0.05, 0.1) is 13.2 Å². The lowest BCUT2D eigenvalue weighted by Crippen LogP contribution is -2.23. The highest BCUT2D eigenvalue weighted by molar-refractivity contribution is 6.10. The normalized spacial score (nSPS) is 10.2. The number of rotatable bonds is 9. The number of aryl methyl sites for hydroxylation is 1. The van der Waals surface area contributed by atoms with Crippen LogP contribution in [0.4, 0.5) is 5.88 Å². The van der Waals surface area contributed by atoms with Gasteiger partial charge in [-0.2, -0.15) is 0 Å². The molecule has 150 valence electrons. The van der Waals surface area contributed by atoms with Gasteiger partial charge in [-0.15, -0.1) is 0 Å². The van der Waals surface area contributed by atoms with Crippen molar-refractivity contribution in [3.8, 4) is 11.5 Å². The average Bonchev–Trinajstić information content (AvgIpc) is 2.97. The fraction of sp³-hybridized carbons (Fsp3) is 0.316. The molecule has 1 aromatic carbocycles. The lowest BCUT2D eigenvalue weighted by molar-refractivity contribution is -0.118. The molecule has 0 unspecified atom stereocenters. The summed E-state index contributed by atoms with van der Waals surface area (Å²) in [6.45, 7) is 5.08. The number of nitrogens with two attached hydrogens (primary N) is 1. The van der Waals surface area contributed by atoms with Gasteiger partial charge in [0.1, 0.15) is 16.9 Å². The van der Waals surface area contributed by atoms with Gasteiger partial charge >= 0.3 is 5.97 Å². The molecule has 0 aliphatic heterocycles. The molecule has 0 atom stereocenters. The second-order valence-electron chi connectivity index (χ2n) is 5.54. The summed E-state index contributed by atoms with van der Waals surface area (Å²) in [5, 5.41) is 2.39. The van der Waals surface area contributed by atoms with E-state index in [4.69, 9.17) is 24.4 Å². The second-order valence-corrected chi connectivity index (χ2v) is 5.54. The molecule has 0 radical (unpaired) electrons. The number of furan rings is 1. The molecular formula is C19H22N2O7. The molecule has 1 heterocycles. The first-order valence-corrected chi connectivity index (χ1v) is 8.63. The minimum Gasteiger partial charge on any atom is -0.490 e. The summed E-state index contributed by atoms with van der Waals surface area (Å²) >= 11 is 0. The number of para-hydroxylation sites is 2. The van der Waals surface area contributed by atoms with Crippen LogP contribution in [0.1, 0.15) is 40.3 Å². The lowest BCUT2D eigenvalue weighted by atomic mass is 10.1. The van der Waals surface area contributed by atoms with Gasteiger partial charge in [-0.1, -0.05) is 12.1 Å². The predicted octanol–water partition coefficient (Wildman–Crippen LogP) is 2.28. The average molecular weight is 390 g/mol. The van der Waals surface area contributed by atoms with Crippen LogP contribution < -0.4 is 20.5 Å². The first-order valence-electron chi connectivity index (χ1n) is 8.63. The van der Waals surface area contributed by atoms with E-state index in [1.165, 1.54) is 6.92 Å². The van der Waals surface area contributed by atoms with Crippen molar-refractivity contribution >= 4 is 23.7 Å². The van der Waals surface area contributed by atoms with Crippen molar-refractivity contribution in [1.82, 2.24) is 0 Å². The standard InChI is InChI=1S/C19H22N2O7/c1-4-25-12-8-6-7-9-13(12)27-10-14(22)21-18-16(17(20)23)15(11(3)28-18)19(24)26-5-2/h6-9H,4-5,10H2,1-3H3,(H2,20,23)(H,21,22). The molecule has 2 amide bonds. The Balaban J connectivity index is 2.15. The SMILES string of the molecule is CCOC(=O)c1c(C)oc(NC(=O)COc2ccccc2OCC)c1C(N)=O. The van der Waals surface area contributed by atoms with E-state index >= 15 is 0 Å². The van der Waals surface area contributed by atoms with Crippen molar-refractivity contribution in [3.63, 3.8) is 0 Å². The molecule has 0 bridgehead atoms. The maximum atomic E-state index is 12.2. The van der Waals surface area contributed by atoms with Crippen LogP contribution in [0.25, 0.3) is 0 Å². The van der Waals surface area contributed by atoms with Gasteiger partial charge in [0, 0.05) is 0 Å².